The Morgan fingerprint density at radius 3 is 3.07 bits per heavy atom. The summed E-state index contributed by atoms with van der Waals surface area (Å²) < 4.78 is 0. The van der Waals surface area contributed by atoms with Gasteiger partial charge >= 0.3 is 0 Å². The van der Waals surface area contributed by atoms with Gasteiger partial charge in [0.05, 0.1) is 11.2 Å². The van der Waals surface area contributed by atoms with E-state index in [9.17, 15) is 0 Å². The van der Waals surface area contributed by atoms with E-state index in [0.717, 1.165) is 28.0 Å². The molecule has 0 saturated carbocycles. The molecule has 1 aromatic carbocycles. The molecule has 0 saturated heterocycles. The summed E-state index contributed by atoms with van der Waals surface area (Å²) in [5.41, 5.74) is 8.99. The highest BCUT2D eigenvalue weighted by Gasteiger charge is 2.07. The van der Waals surface area contributed by atoms with Crippen LogP contribution in [0.2, 0.25) is 0 Å². The zero-order valence-electron chi connectivity index (χ0n) is 7.96. The molecule has 0 radical (unpaired) electrons. The first-order valence-corrected chi connectivity index (χ1v) is 4.33. The van der Waals surface area contributed by atoms with Crippen molar-refractivity contribution in [2.75, 3.05) is 12.8 Å². The Hall–Kier alpha value is -1.97. The molecule has 0 aliphatic carbocycles. The smallest absolute Gasteiger partial charge is 0.115 e. The molecule has 0 aliphatic rings. The lowest BCUT2D eigenvalue weighted by Gasteiger charge is -2.00. The molecule has 0 atom stereocenters. The number of aromatic nitrogens is 2. The summed E-state index contributed by atoms with van der Waals surface area (Å²) in [7, 11) is 1.81. The van der Waals surface area contributed by atoms with Crippen LogP contribution in [0.1, 0.15) is 5.69 Å². The van der Waals surface area contributed by atoms with Crippen LogP contribution in [-0.4, -0.2) is 17.2 Å². The number of nitrogen functional groups attached to an aromatic ring is 1. The predicted octanol–water partition coefficient (Wildman–Crippen LogP) is 1.34. The maximum absolute atomic E-state index is 5.70. The molecule has 14 heavy (non-hydrogen) atoms. The summed E-state index contributed by atoms with van der Waals surface area (Å²) in [5, 5.41) is 11.0. The van der Waals surface area contributed by atoms with Crippen molar-refractivity contribution in [1.82, 2.24) is 15.5 Å². The van der Waals surface area contributed by atoms with Crippen LogP contribution in [-0.2, 0) is 0 Å². The number of aromatic amines is 1. The third-order valence-electron chi connectivity index (χ3n) is 2.17. The molecule has 2 aromatic rings. The minimum atomic E-state index is 0.726. The standard InChI is InChI=1S/C10H12N4/c1-6(12-2)10-8-5-7(11)3-4-9(8)13-14-10/h3-5,12H,1,11H2,2H3,(H,13,14). The topological polar surface area (TPSA) is 66.7 Å². The number of rotatable bonds is 2. The Morgan fingerprint density at radius 1 is 1.57 bits per heavy atom. The largest absolute Gasteiger partial charge is 0.399 e. The number of anilines is 1. The van der Waals surface area contributed by atoms with Crippen molar-refractivity contribution in [3.05, 3.63) is 30.5 Å². The Labute approximate surface area is 81.8 Å². The number of benzene rings is 1. The van der Waals surface area contributed by atoms with E-state index in [0.29, 0.717) is 0 Å². The van der Waals surface area contributed by atoms with Crippen molar-refractivity contribution >= 4 is 22.3 Å². The average molecular weight is 188 g/mol. The van der Waals surface area contributed by atoms with Gasteiger partial charge < -0.3 is 11.1 Å². The van der Waals surface area contributed by atoms with Gasteiger partial charge in [0.1, 0.15) is 5.69 Å². The summed E-state index contributed by atoms with van der Waals surface area (Å²) in [6, 6.07) is 5.63. The lowest BCUT2D eigenvalue weighted by molar-refractivity contribution is 1.05. The summed E-state index contributed by atoms with van der Waals surface area (Å²) in [5.74, 6) is 0. The number of hydrogen-bond donors (Lipinski definition) is 3. The second-order valence-corrected chi connectivity index (χ2v) is 3.11. The van der Waals surface area contributed by atoms with Gasteiger partial charge in [-0.25, -0.2) is 0 Å². The van der Waals surface area contributed by atoms with Crippen molar-refractivity contribution in [1.29, 1.82) is 0 Å². The Kier molecular flexibility index (Phi) is 1.89. The van der Waals surface area contributed by atoms with Crippen molar-refractivity contribution in [3.63, 3.8) is 0 Å². The molecule has 0 fully saturated rings. The highest BCUT2D eigenvalue weighted by atomic mass is 15.1. The fourth-order valence-electron chi connectivity index (χ4n) is 1.38. The van der Waals surface area contributed by atoms with E-state index in [2.05, 4.69) is 22.1 Å². The molecule has 0 unspecified atom stereocenters. The summed E-state index contributed by atoms with van der Waals surface area (Å²) in [4.78, 5) is 0. The Morgan fingerprint density at radius 2 is 2.36 bits per heavy atom. The van der Waals surface area contributed by atoms with E-state index in [-0.39, 0.29) is 0 Å². The maximum Gasteiger partial charge on any atom is 0.115 e. The Balaban J connectivity index is 2.67. The summed E-state index contributed by atoms with van der Waals surface area (Å²) >= 11 is 0. The van der Waals surface area contributed by atoms with Crippen LogP contribution >= 0.6 is 0 Å². The van der Waals surface area contributed by atoms with Crippen LogP contribution in [0, 0.1) is 0 Å². The lowest BCUT2D eigenvalue weighted by Crippen LogP contribution is -2.03. The van der Waals surface area contributed by atoms with E-state index < -0.39 is 0 Å². The van der Waals surface area contributed by atoms with Crippen molar-refractivity contribution in [3.8, 4) is 0 Å². The molecule has 1 aromatic heterocycles. The second kappa shape index (κ2) is 3.06. The van der Waals surface area contributed by atoms with Gasteiger partial charge in [-0.3, -0.25) is 5.10 Å². The van der Waals surface area contributed by atoms with Crippen LogP contribution in [0.3, 0.4) is 0 Å². The molecule has 0 bridgehead atoms. The van der Waals surface area contributed by atoms with Gasteiger partial charge in [-0.05, 0) is 18.2 Å². The van der Waals surface area contributed by atoms with Gasteiger partial charge in [0, 0.05) is 18.1 Å². The molecule has 4 N–H and O–H groups in total. The monoisotopic (exact) mass is 188 g/mol. The van der Waals surface area contributed by atoms with Crippen LogP contribution in [0.5, 0.6) is 0 Å². The highest BCUT2D eigenvalue weighted by molar-refractivity contribution is 5.91. The third kappa shape index (κ3) is 1.21. The van der Waals surface area contributed by atoms with Crippen LogP contribution in [0.15, 0.2) is 24.8 Å². The number of H-pyrrole nitrogens is 1. The molecular weight excluding hydrogens is 176 g/mol. The third-order valence-corrected chi connectivity index (χ3v) is 2.17. The van der Waals surface area contributed by atoms with Crippen LogP contribution in [0.25, 0.3) is 16.6 Å². The van der Waals surface area contributed by atoms with Crippen LogP contribution in [0.4, 0.5) is 5.69 Å². The highest BCUT2D eigenvalue weighted by Crippen LogP contribution is 2.22. The van der Waals surface area contributed by atoms with E-state index in [1.807, 2.05) is 25.2 Å². The summed E-state index contributed by atoms with van der Waals surface area (Å²) in [6.45, 7) is 3.86. The molecule has 0 spiro atoms. The van der Waals surface area contributed by atoms with Gasteiger partial charge in [0.15, 0.2) is 0 Å². The first-order valence-electron chi connectivity index (χ1n) is 4.33. The quantitative estimate of drug-likeness (QED) is 0.623. The van der Waals surface area contributed by atoms with E-state index >= 15 is 0 Å². The van der Waals surface area contributed by atoms with Gasteiger partial charge in [-0.1, -0.05) is 6.58 Å². The molecule has 4 nitrogen and oxygen atoms in total. The SMILES string of the molecule is C=C(NC)c1n[nH]c2ccc(N)cc12. The van der Waals surface area contributed by atoms with Crippen molar-refractivity contribution in [2.45, 2.75) is 0 Å². The number of hydrogen-bond acceptors (Lipinski definition) is 3. The minimum Gasteiger partial charge on any atom is -0.399 e. The molecule has 0 aliphatic heterocycles. The van der Waals surface area contributed by atoms with E-state index in [1.165, 1.54) is 0 Å². The minimum absolute atomic E-state index is 0.726. The van der Waals surface area contributed by atoms with Gasteiger partial charge in [0.2, 0.25) is 0 Å². The van der Waals surface area contributed by atoms with Gasteiger partial charge in [-0.15, -0.1) is 0 Å². The lowest BCUT2D eigenvalue weighted by atomic mass is 10.1. The van der Waals surface area contributed by atoms with Crippen molar-refractivity contribution in [2.24, 2.45) is 0 Å². The zero-order valence-corrected chi connectivity index (χ0v) is 7.96. The number of nitrogens with two attached hydrogens (primary N) is 1. The number of fused-ring (bicyclic) bond motifs is 1. The van der Waals surface area contributed by atoms with E-state index in [4.69, 9.17) is 5.73 Å². The number of nitrogens with zero attached hydrogens (tertiary/aromatic N) is 1. The van der Waals surface area contributed by atoms with Gasteiger partial charge in [0.25, 0.3) is 0 Å². The molecule has 2 rings (SSSR count). The van der Waals surface area contributed by atoms with Crippen molar-refractivity contribution < 1.29 is 0 Å². The molecular formula is C10H12N4. The van der Waals surface area contributed by atoms with E-state index in [1.54, 1.807) is 0 Å². The average Bonchev–Trinajstić information content (AvgIpc) is 2.59. The molecule has 4 heteroatoms. The summed E-state index contributed by atoms with van der Waals surface area (Å²) in [6.07, 6.45) is 0. The number of nitrogens with one attached hydrogen (secondary N) is 2. The fraction of sp³-hybridized carbons (Fsp3) is 0.100. The van der Waals surface area contributed by atoms with Crippen LogP contribution < -0.4 is 11.1 Å². The molecule has 0 amide bonds. The fourth-order valence-corrected chi connectivity index (χ4v) is 1.38. The Bertz CT molecular complexity index is 484. The second-order valence-electron chi connectivity index (χ2n) is 3.11. The maximum atomic E-state index is 5.70. The van der Waals surface area contributed by atoms with Gasteiger partial charge in [-0.2, -0.15) is 5.10 Å². The molecule has 72 valence electrons. The zero-order chi connectivity index (χ0) is 10.1. The molecule has 1 heterocycles. The normalized spacial score (nSPS) is 10.4. The first-order chi connectivity index (χ1) is 6.72. The first kappa shape index (κ1) is 8.62. The predicted molar refractivity (Wildman–Crippen MR) is 58.6 cm³/mol.